The number of nitrogens with zero attached hydrogens (tertiary/aromatic N) is 2. The highest BCUT2D eigenvalue weighted by Crippen LogP contribution is 2.34. The van der Waals surface area contributed by atoms with Crippen LogP contribution in [0.1, 0.15) is 28.8 Å². The molecule has 3 aliphatic rings. The molecule has 2 bridgehead atoms. The number of halogens is 2. The van der Waals surface area contributed by atoms with E-state index in [1.165, 1.54) is 30.3 Å². The van der Waals surface area contributed by atoms with Gasteiger partial charge in [0, 0.05) is 30.3 Å². The zero-order valence-corrected chi connectivity index (χ0v) is 19.5. The van der Waals surface area contributed by atoms with Crippen molar-refractivity contribution in [1.82, 2.24) is 14.8 Å². The van der Waals surface area contributed by atoms with Crippen molar-refractivity contribution in [3.63, 3.8) is 0 Å². The fourth-order valence-corrected chi connectivity index (χ4v) is 5.57. The Labute approximate surface area is 206 Å². The average Bonchev–Trinajstić information content (AvgIpc) is 3.28. The molecule has 1 N–H and O–H groups in total. The van der Waals surface area contributed by atoms with Crippen LogP contribution in [-0.4, -0.2) is 46.4 Å². The largest absolute Gasteiger partial charge is 0.417 e. The fourth-order valence-electron chi connectivity index (χ4n) is 5.57. The second kappa shape index (κ2) is 9.02. The summed E-state index contributed by atoms with van der Waals surface area (Å²) in [5.74, 6) is -1.21. The topological polar surface area (TPSA) is 69.5 Å². The van der Waals surface area contributed by atoms with Gasteiger partial charge in [-0.25, -0.2) is 13.6 Å². The highest BCUT2D eigenvalue weighted by Gasteiger charge is 2.39. The molecular formula is C28H25F2N3O3. The Morgan fingerprint density at radius 1 is 1.00 bits per heavy atom. The highest BCUT2D eigenvalue weighted by molar-refractivity contribution is 5.94. The molecule has 4 aromatic rings. The predicted octanol–water partition coefficient (Wildman–Crippen LogP) is 4.80. The van der Waals surface area contributed by atoms with Crippen molar-refractivity contribution in [2.24, 2.45) is 5.92 Å². The molecule has 1 aromatic heterocycles. The van der Waals surface area contributed by atoms with Gasteiger partial charge < -0.3 is 14.2 Å². The van der Waals surface area contributed by atoms with Crippen molar-refractivity contribution in [1.29, 1.82) is 0 Å². The summed E-state index contributed by atoms with van der Waals surface area (Å²) in [4.78, 5) is 31.9. The van der Waals surface area contributed by atoms with Crippen LogP contribution >= 0.6 is 0 Å². The average molecular weight is 490 g/mol. The number of fused-ring (bicyclic) bond motifs is 4. The van der Waals surface area contributed by atoms with Gasteiger partial charge in [0.1, 0.15) is 11.6 Å². The Bertz CT molecular complexity index is 1490. The molecule has 0 radical (unpaired) electrons. The van der Waals surface area contributed by atoms with Crippen LogP contribution in [-0.2, 0) is 6.54 Å². The van der Waals surface area contributed by atoms with Crippen LogP contribution in [0.4, 0.5) is 8.78 Å². The number of hydrogen-bond acceptors (Lipinski definition) is 4. The molecule has 7 rings (SSSR count). The van der Waals surface area contributed by atoms with Crippen molar-refractivity contribution < 1.29 is 18.0 Å². The van der Waals surface area contributed by atoms with Crippen LogP contribution in [0.3, 0.4) is 0 Å². The molecule has 8 heteroatoms. The lowest BCUT2D eigenvalue weighted by molar-refractivity contribution is 0.00434. The van der Waals surface area contributed by atoms with Crippen molar-refractivity contribution in [2.75, 3.05) is 19.6 Å². The summed E-state index contributed by atoms with van der Waals surface area (Å²) in [6, 6.07) is 15.6. The van der Waals surface area contributed by atoms with Gasteiger partial charge in [0.25, 0.3) is 5.91 Å². The van der Waals surface area contributed by atoms with E-state index in [2.05, 4.69) is 9.88 Å². The molecule has 4 heterocycles. The van der Waals surface area contributed by atoms with Gasteiger partial charge in [0.05, 0.1) is 5.52 Å². The first-order valence-corrected chi connectivity index (χ1v) is 12.2. The summed E-state index contributed by atoms with van der Waals surface area (Å²) in [6.07, 6.45) is 2.00. The number of piperidine rings is 3. The summed E-state index contributed by atoms with van der Waals surface area (Å²) >= 11 is 0. The number of benzene rings is 3. The van der Waals surface area contributed by atoms with E-state index in [1.807, 2.05) is 6.07 Å². The van der Waals surface area contributed by atoms with E-state index in [9.17, 15) is 14.0 Å². The molecule has 0 aliphatic carbocycles. The van der Waals surface area contributed by atoms with E-state index in [1.54, 1.807) is 29.2 Å². The number of carbonyl (C=O) groups is 1. The van der Waals surface area contributed by atoms with Gasteiger partial charge in [-0.1, -0.05) is 12.1 Å². The lowest BCUT2D eigenvalue weighted by atomic mass is 9.82. The molecule has 3 fully saturated rings. The zero-order chi connectivity index (χ0) is 24.8. The maximum atomic E-state index is 15.1. The zero-order valence-electron chi connectivity index (χ0n) is 19.5. The van der Waals surface area contributed by atoms with Crippen LogP contribution in [0.5, 0.6) is 0 Å². The molecule has 1 atom stereocenters. The minimum atomic E-state index is -0.533. The second-order valence-electron chi connectivity index (χ2n) is 9.68. The van der Waals surface area contributed by atoms with Crippen molar-refractivity contribution in [2.45, 2.75) is 25.4 Å². The number of nitrogens with one attached hydrogen (secondary N) is 1. The van der Waals surface area contributed by atoms with Crippen LogP contribution in [0.2, 0.25) is 0 Å². The van der Waals surface area contributed by atoms with E-state index >= 15 is 4.39 Å². The second-order valence-corrected chi connectivity index (χ2v) is 9.68. The molecule has 0 spiro atoms. The lowest BCUT2D eigenvalue weighted by Gasteiger charge is -2.49. The molecule has 3 aromatic carbocycles. The van der Waals surface area contributed by atoms with Gasteiger partial charge in [-0.2, -0.15) is 0 Å². The monoisotopic (exact) mass is 489 g/mol. The minimum absolute atomic E-state index is 0.0430. The van der Waals surface area contributed by atoms with E-state index in [4.69, 9.17) is 4.42 Å². The fraction of sp³-hybridized carbons (Fsp3) is 0.286. The molecule has 36 heavy (non-hydrogen) atoms. The molecule has 3 saturated heterocycles. The van der Waals surface area contributed by atoms with E-state index in [0.29, 0.717) is 28.1 Å². The maximum absolute atomic E-state index is 15.1. The molecule has 3 aliphatic heterocycles. The summed E-state index contributed by atoms with van der Waals surface area (Å²) < 4.78 is 33.8. The SMILES string of the molecule is O=C(c1ccc(F)cc1)N(Cc1cc(-c2ccc3[nH]c(=O)oc3c2)ccc1F)C1CN2CCC1CC2. The molecule has 184 valence electrons. The predicted molar refractivity (Wildman–Crippen MR) is 131 cm³/mol. The van der Waals surface area contributed by atoms with Gasteiger partial charge in [-0.05, 0) is 91.5 Å². The third-order valence-corrected chi connectivity index (χ3v) is 7.51. The quantitative estimate of drug-likeness (QED) is 0.437. The Hall–Kier alpha value is -3.78. The molecule has 1 unspecified atom stereocenters. The number of carbonyl (C=O) groups excluding carboxylic acids is 1. The van der Waals surface area contributed by atoms with E-state index < -0.39 is 17.4 Å². The molecule has 0 saturated carbocycles. The van der Waals surface area contributed by atoms with E-state index in [-0.39, 0.29) is 18.5 Å². The van der Waals surface area contributed by atoms with Gasteiger partial charge in [0.2, 0.25) is 0 Å². The molecule has 6 nitrogen and oxygen atoms in total. The maximum Gasteiger partial charge on any atom is 0.417 e. The third kappa shape index (κ3) is 4.22. The number of hydrogen-bond donors (Lipinski definition) is 1. The van der Waals surface area contributed by atoms with Crippen molar-refractivity contribution >= 4 is 17.0 Å². The summed E-state index contributed by atoms with van der Waals surface area (Å²) in [6.45, 7) is 2.89. The van der Waals surface area contributed by atoms with Crippen molar-refractivity contribution in [3.8, 4) is 11.1 Å². The Morgan fingerprint density at radius 3 is 2.44 bits per heavy atom. The van der Waals surface area contributed by atoms with Crippen LogP contribution < -0.4 is 5.76 Å². The Balaban J connectivity index is 1.36. The number of aromatic nitrogens is 1. The lowest BCUT2D eigenvalue weighted by Crippen LogP contribution is -2.58. The number of amides is 1. The minimum Gasteiger partial charge on any atom is -0.408 e. The first-order chi connectivity index (χ1) is 17.4. The molecule has 1 amide bonds. The van der Waals surface area contributed by atoms with Crippen LogP contribution in [0.25, 0.3) is 22.2 Å². The number of H-pyrrole nitrogens is 1. The summed E-state index contributed by atoms with van der Waals surface area (Å²) in [5.41, 5.74) is 3.31. The summed E-state index contributed by atoms with van der Waals surface area (Å²) in [7, 11) is 0. The number of aromatic amines is 1. The van der Waals surface area contributed by atoms with Gasteiger partial charge in [0.15, 0.2) is 5.58 Å². The van der Waals surface area contributed by atoms with Crippen LogP contribution in [0, 0.1) is 17.6 Å². The molecular weight excluding hydrogens is 464 g/mol. The first-order valence-electron chi connectivity index (χ1n) is 12.2. The number of rotatable bonds is 5. The van der Waals surface area contributed by atoms with Gasteiger partial charge in [-0.15, -0.1) is 0 Å². The van der Waals surface area contributed by atoms with Gasteiger partial charge in [-0.3, -0.25) is 9.78 Å². The van der Waals surface area contributed by atoms with Gasteiger partial charge >= 0.3 is 5.76 Å². The summed E-state index contributed by atoms with van der Waals surface area (Å²) in [5, 5.41) is 0. The van der Waals surface area contributed by atoms with E-state index in [0.717, 1.165) is 43.6 Å². The highest BCUT2D eigenvalue weighted by atomic mass is 19.1. The van der Waals surface area contributed by atoms with Crippen molar-refractivity contribution in [3.05, 3.63) is 94.0 Å². The van der Waals surface area contributed by atoms with Crippen LogP contribution in [0.15, 0.2) is 69.9 Å². The Kier molecular flexibility index (Phi) is 5.68. The Morgan fingerprint density at radius 2 is 1.72 bits per heavy atom. The third-order valence-electron chi connectivity index (χ3n) is 7.51. The number of oxazole rings is 1. The normalized spacial score (nSPS) is 21.1. The smallest absolute Gasteiger partial charge is 0.408 e. The first kappa shape index (κ1) is 22.7. The standard InChI is InChI=1S/C28H25F2N3O3/c29-22-5-1-18(2-6-22)27(34)33(25-16-32-11-9-17(25)10-12-32)15-21-13-19(3-7-23(21)30)20-4-8-24-26(14-20)36-28(35)31-24/h1-8,13-14,17,25H,9-12,15-16H2,(H,31,35).